The number of hydrogen-bond acceptors (Lipinski definition) is 4. The van der Waals surface area contributed by atoms with Crippen LogP contribution in [0.25, 0.3) is 17.1 Å². The minimum atomic E-state index is -0.0498. The maximum absolute atomic E-state index is 12.5. The van der Waals surface area contributed by atoms with Crippen LogP contribution in [-0.2, 0) is 4.79 Å². The predicted octanol–water partition coefficient (Wildman–Crippen LogP) is 4.90. The summed E-state index contributed by atoms with van der Waals surface area (Å²) >= 11 is 1.38. The number of nitrogens with zero attached hydrogens (tertiary/aromatic N) is 3. The number of benzene rings is 3. The van der Waals surface area contributed by atoms with Gasteiger partial charge in [-0.2, -0.15) is 0 Å². The normalized spacial score (nSPS) is 11.8. The van der Waals surface area contributed by atoms with Crippen molar-refractivity contribution in [3.63, 3.8) is 0 Å². The van der Waals surface area contributed by atoms with Gasteiger partial charge in [-0.25, -0.2) is 0 Å². The Kier molecular flexibility index (Phi) is 6.25. The van der Waals surface area contributed by atoms with E-state index < -0.39 is 0 Å². The molecule has 0 aliphatic heterocycles. The molecule has 0 spiro atoms. The molecule has 30 heavy (non-hydrogen) atoms. The maximum atomic E-state index is 12.5. The van der Waals surface area contributed by atoms with E-state index in [-0.39, 0.29) is 17.7 Å². The van der Waals surface area contributed by atoms with E-state index in [2.05, 4.69) is 15.5 Å². The molecule has 150 valence electrons. The highest BCUT2D eigenvalue weighted by molar-refractivity contribution is 7.99. The third-order valence-corrected chi connectivity index (χ3v) is 5.62. The van der Waals surface area contributed by atoms with Gasteiger partial charge in [0.15, 0.2) is 11.0 Å². The Labute approximate surface area is 180 Å². The molecule has 1 aromatic heterocycles. The van der Waals surface area contributed by atoms with Crippen LogP contribution in [0.5, 0.6) is 0 Å². The number of carbonyl (C=O) groups is 1. The molecule has 4 aromatic rings. The molecule has 0 aliphatic carbocycles. The average molecular weight is 415 g/mol. The molecule has 0 bridgehead atoms. The fourth-order valence-electron chi connectivity index (χ4n) is 3.19. The van der Waals surface area contributed by atoms with Gasteiger partial charge in [-0.05, 0) is 24.6 Å². The number of rotatable bonds is 7. The standard InChI is InChI=1S/C24H22N4OS/c1-18(19-11-5-2-6-12-19)25-22(29)17-30-24-27-26-23(20-13-7-3-8-14-20)28(24)21-15-9-4-10-16-21/h2-16,18H,17H2,1H3,(H,25,29)/t18-/m1/s1. The number of hydrogen-bond donors (Lipinski definition) is 1. The molecular formula is C24H22N4OS. The van der Waals surface area contributed by atoms with Crippen molar-refractivity contribution in [2.24, 2.45) is 0 Å². The Bertz CT molecular complexity index is 1100. The molecule has 1 atom stereocenters. The third kappa shape index (κ3) is 4.60. The molecule has 0 saturated heterocycles. The predicted molar refractivity (Wildman–Crippen MR) is 121 cm³/mol. The van der Waals surface area contributed by atoms with Crippen LogP contribution in [0.15, 0.2) is 96.2 Å². The molecule has 3 aromatic carbocycles. The van der Waals surface area contributed by atoms with Crippen LogP contribution in [0.1, 0.15) is 18.5 Å². The van der Waals surface area contributed by atoms with Crippen molar-refractivity contribution < 1.29 is 4.79 Å². The lowest BCUT2D eigenvalue weighted by molar-refractivity contribution is -0.119. The minimum absolute atomic E-state index is 0.0415. The molecule has 0 unspecified atom stereocenters. The van der Waals surface area contributed by atoms with Gasteiger partial charge < -0.3 is 5.32 Å². The first-order valence-electron chi connectivity index (χ1n) is 9.76. The Morgan fingerprint density at radius 1 is 0.900 bits per heavy atom. The topological polar surface area (TPSA) is 59.8 Å². The summed E-state index contributed by atoms with van der Waals surface area (Å²) in [5.41, 5.74) is 3.01. The number of nitrogens with one attached hydrogen (secondary N) is 1. The van der Waals surface area contributed by atoms with Crippen LogP contribution in [0, 0.1) is 0 Å². The zero-order valence-electron chi connectivity index (χ0n) is 16.6. The van der Waals surface area contributed by atoms with E-state index >= 15 is 0 Å². The van der Waals surface area contributed by atoms with E-state index in [4.69, 9.17) is 0 Å². The van der Waals surface area contributed by atoms with Gasteiger partial charge >= 0.3 is 0 Å². The first kappa shape index (κ1) is 19.9. The minimum Gasteiger partial charge on any atom is -0.349 e. The monoisotopic (exact) mass is 414 g/mol. The van der Waals surface area contributed by atoms with Gasteiger partial charge in [0.05, 0.1) is 11.8 Å². The van der Waals surface area contributed by atoms with Crippen LogP contribution < -0.4 is 5.32 Å². The van der Waals surface area contributed by atoms with Crippen molar-refractivity contribution in [3.8, 4) is 17.1 Å². The van der Waals surface area contributed by atoms with Crippen molar-refractivity contribution in [3.05, 3.63) is 96.6 Å². The van der Waals surface area contributed by atoms with E-state index in [1.54, 1.807) is 0 Å². The zero-order valence-corrected chi connectivity index (χ0v) is 17.4. The second-order valence-corrected chi connectivity index (χ2v) is 7.77. The number of amides is 1. The highest BCUT2D eigenvalue weighted by Gasteiger charge is 2.17. The van der Waals surface area contributed by atoms with Gasteiger partial charge in [0.1, 0.15) is 0 Å². The molecule has 0 fully saturated rings. The lowest BCUT2D eigenvalue weighted by Gasteiger charge is -2.14. The summed E-state index contributed by atoms with van der Waals surface area (Å²) in [7, 11) is 0. The molecule has 4 rings (SSSR count). The number of aromatic nitrogens is 3. The van der Waals surface area contributed by atoms with E-state index in [1.807, 2.05) is 102 Å². The molecule has 1 N–H and O–H groups in total. The Balaban J connectivity index is 1.53. The van der Waals surface area contributed by atoms with Crippen LogP contribution in [0.4, 0.5) is 0 Å². The average Bonchev–Trinajstić information content (AvgIpc) is 3.23. The SMILES string of the molecule is C[C@@H](NC(=O)CSc1nnc(-c2ccccc2)n1-c1ccccc1)c1ccccc1. The number of thioether (sulfide) groups is 1. The third-order valence-electron chi connectivity index (χ3n) is 4.69. The fourth-order valence-corrected chi connectivity index (χ4v) is 3.95. The highest BCUT2D eigenvalue weighted by Crippen LogP contribution is 2.27. The fraction of sp³-hybridized carbons (Fsp3) is 0.125. The summed E-state index contributed by atoms with van der Waals surface area (Å²) < 4.78 is 1.99. The van der Waals surface area contributed by atoms with Crippen molar-refractivity contribution in [2.75, 3.05) is 5.75 Å². The van der Waals surface area contributed by atoms with E-state index in [0.29, 0.717) is 5.16 Å². The Morgan fingerprint density at radius 3 is 2.17 bits per heavy atom. The van der Waals surface area contributed by atoms with Gasteiger partial charge in [0.25, 0.3) is 0 Å². The van der Waals surface area contributed by atoms with Crippen molar-refractivity contribution in [1.29, 1.82) is 0 Å². The van der Waals surface area contributed by atoms with Crippen LogP contribution in [0.2, 0.25) is 0 Å². The molecule has 0 saturated carbocycles. The summed E-state index contributed by atoms with van der Waals surface area (Å²) in [6.07, 6.45) is 0. The molecule has 1 heterocycles. The smallest absolute Gasteiger partial charge is 0.230 e. The van der Waals surface area contributed by atoms with Crippen LogP contribution >= 0.6 is 11.8 Å². The first-order valence-corrected chi connectivity index (χ1v) is 10.7. The van der Waals surface area contributed by atoms with E-state index in [0.717, 1.165) is 22.6 Å². The van der Waals surface area contributed by atoms with Gasteiger partial charge in [0, 0.05) is 11.3 Å². The first-order chi connectivity index (χ1) is 14.7. The van der Waals surface area contributed by atoms with Crippen LogP contribution in [-0.4, -0.2) is 26.4 Å². The number of carbonyl (C=O) groups excluding carboxylic acids is 1. The molecular weight excluding hydrogens is 392 g/mol. The second kappa shape index (κ2) is 9.41. The van der Waals surface area contributed by atoms with Crippen molar-refractivity contribution in [2.45, 2.75) is 18.1 Å². The van der Waals surface area contributed by atoms with E-state index in [1.165, 1.54) is 11.8 Å². The number of para-hydroxylation sites is 1. The molecule has 0 aliphatic rings. The molecule has 5 nitrogen and oxygen atoms in total. The Hall–Kier alpha value is -3.38. The van der Waals surface area contributed by atoms with Gasteiger partial charge in [-0.1, -0.05) is 90.6 Å². The molecule has 6 heteroatoms. The summed E-state index contributed by atoms with van der Waals surface area (Å²) in [5, 5.41) is 12.5. The lowest BCUT2D eigenvalue weighted by atomic mass is 10.1. The van der Waals surface area contributed by atoms with Crippen molar-refractivity contribution >= 4 is 17.7 Å². The van der Waals surface area contributed by atoms with E-state index in [9.17, 15) is 4.79 Å². The van der Waals surface area contributed by atoms with Gasteiger partial charge in [0.2, 0.25) is 5.91 Å². The summed E-state index contributed by atoms with van der Waals surface area (Å²) in [6, 6.07) is 29.8. The van der Waals surface area contributed by atoms with Crippen LogP contribution in [0.3, 0.4) is 0 Å². The second-order valence-electron chi connectivity index (χ2n) is 6.83. The summed E-state index contributed by atoms with van der Waals surface area (Å²) in [5.74, 6) is 0.972. The Morgan fingerprint density at radius 2 is 1.50 bits per heavy atom. The highest BCUT2D eigenvalue weighted by atomic mass is 32.2. The van der Waals surface area contributed by atoms with Gasteiger partial charge in [-0.3, -0.25) is 9.36 Å². The summed E-state index contributed by atoms with van der Waals surface area (Å²) in [6.45, 7) is 1.98. The quantitative estimate of drug-likeness (QED) is 0.437. The lowest BCUT2D eigenvalue weighted by Crippen LogP contribution is -2.28. The van der Waals surface area contributed by atoms with Crippen molar-refractivity contribution in [1.82, 2.24) is 20.1 Å². The summed E-state index contributed by atoms with van der Waals surface area (Å²) in [4.78, 5) is 12.5. The molecule has 0 radical (unpaired) electrons. The maximum Gasteiger partial charge on any atom is 0.230 e. The van der Waals surface area contributed by atoms with Gasteiger partial charge in [-0.15, -0.1) is 10.2 Å². The molecule has 1 amide bonds. The zero-order chi connectivity index (χ0) is 20.8. The largest absolute Gasteiger partial charge is 0.349 e.